The second kappa shape index (κ2) is 6.20. The molecule has 0 fully saturated rings. The highest BCUT2D eigenvalue weighted by Crippen LogP contribution is 2.30. The average molecular weight is 254 g/mol. The smallest absolute Gasteiger partial charge is 0.296 e. The molecule has 0 aliphatic rings. The summed E-state index contributed by atoms with van der Waals surface area (Å²) in [6.07, 6.45) is 0. The number of nitro benzene ring substituents is 1. The molecule has 100 valence electrons. The van der Waals surface area contributed by atoms with Crippen LogP contribution in [0.15, 0.2) is 18.2 Å². The normalized spacial score (nSPS) is 13.8. The Morgan fingerprint density at radius 3 is 2.67 bits per heavy atom. The van der Waals surface area contributed by atoms with Crippen LogP contribution in [0, 0.1) is 16.0 Å². The molecule has 6 heteroatoms. The lowest BCUT2D eigenvalue weighted by atomic mass is 10.0. The van der Waals surface area contributed by atoms with Crippen LogP contribution in [0.5, 0.6) is 5.75 Å². The van der Waals surface area contributed by atoms with Gasteiger partial charge in [-0.15, -0.1) is 0 Å². The van der Waals surface area contributed by atoms with Crippen molar-refractivity contribution in [3.63, 3.8) is 0 Å². The van der Waals surface area contributed by atoms with E-state index in [2.05, 4.69) is 5.32 Å². The maximum Gasteiger partial charge on any atom is 0.296 e. The van der Waals surface area contributed by atoms with Crippen LogP contribution in [0.1, 0.15) is 13.8 Å². The van der Waals surface area contributed by atoms with E-state index in [1.54, 1.807) is 12.1 Å². The van der Waals surface area contributed by atoms with Crippen molar-refractivity contribution in [3.05, 3.63) is 28.3 Å². The van der Waals surface area contributed by atoms with E-state index in [-0.39, 0.29) is 24.3 Å². The third-order valence-electron chi connectivity index (χ3n) is 2.93. The van der Waals surface area contributed by atoms with Crippen LogP contribution in [-0.2, 0) is 0 Å². The minimum atomic E-state index is -0.457. The van der Waals surface area contributed by atoms with Gasteiger partial charge in [0.25, 0.3) is 5.69 Å². The molecule has 2 atom stereocenters. The van der Waals surface area contributed by atoms with E-state index >= 15 is 0 Å². The van der Waals surface area contributed by atoms with Gasteiger partial charge in [-0.05, 0) is 25.0 Å². The Bertz CT molecular complexity index is 423. The Hall–Kier alpha value is -1.82. The van der Waals surface area contributed by atoms with Crippen LogP contribution in [0.25, 0.3) is 0 Å². The molecule has 0 saturated heterocycles. The molecule has 0 radical (unpaired) electrons. The van der Waals surface area contributed by atoms with Crippen LogP contribution in [0.3, 0.4) is 0 Å². The molecule has 6 nitrogen and oxygen atoms in total. The van der Waals surface area contributed by atoms with Crippen molar-refractivity contribution >= 4 is 11.4 Å². The standard InChI is InChI=1S/C12H18N2O4/c1-8(7-15)9(2)13-11-5-4-10(18-3)6-12(11)14(16)17/h4-6,8-9,13,15H,7H2,1-3H3. The lowest BCUT2D eigenvalue weighted by Gasteiger charge is -2.20. The lowest BCUT2D eigenvalue weighted by molar-refractivity contribution is -0.384. The van der Waals surface area contributed by atoms with Crippen molar-refractivity contribution in [2.75, 3.05) is 19.0 Å². The molecule has 1 aromatic rings. The highest BCUT2D eigenvalue weighted by atomic mass is 16.6. The summed E-state index contributed by atoms with van der Waals surface area (Å²) in [6, 6.07) is 4.57. The number of rotatable bonds is 6. The molecule has 0 saturated carbocycles. The molecular formula is C12H18N2O4. The Balaban J connectivity index is 2.97. The van der Waals surface area contributed by atoms with E-state index < -0.39 is 4.92 Å². The first-order valence-electron chi connectivity index (χ1n) is 5.69. The predicted octanol–water partition coefficient (Wildman–Crippen LogP) is 2.03. The Kier molecular flexibility index (Phi) is 4.91. The molecule has 0 spiro atoms. The molecule has 2 unspecified atom stereocenters. The quantitative estimate of drug-likeness (QED) is 0.599. The predicted molar refractivity (Wildman–Crippen MR) is 69.0 cm³/mol. The van der Waals surface area contributed by atoms with Gasteiger partial charge in [0.15, 0.2) is 0 Å². The van der Waals surface area contributed by atoms with Crippen molar-refractivity contribution in [1.82, 2.24) is 0 Å². The first-order chi connectivity index (χ1) is 8.49. The maximum absolute atomic E-state index is 11.0. The maximum atomic E-state index is 11.0. The zero-order chi connectivity index (χ0) is 13.7. The summed E-state index contributed by atoms with van der Waals surface area (Å²) < 4.78 is 4.96. The number of methoxy groups -OCH3 is 1. The van der Waals surface area contributed by atoms with E-state index in [0.717, 1.165) is 0 Å². The molecule has 0 aliphatic carbocycles. The number of aliphatic hydroxyl groups excluding tert-OH is 1. The third kappa shape index (κ3) is 3.33. The van der Waals surface area contributed by atoms with Crippen LogP contribution < -0.4 is 10.1 Å². The van der Waals surface area contributed by atoms with Gasteiger partial charge in [0.2, 0.25) is 0 Å². The molecule has 0 amide bonds. The Labute approximate surface area is 106 Å². The third-order valence-corrected chi connectivity index (χ3v) is 2.93. The summed E-state index contributed by atoms with van der Waals surface area (Å²) in [5.41, 5.74) is 0.389. The van der Waals surface area contributed by atoms with E-state index in [1.807, 2.05) is 13.8 Å². The second-order valence-corrected chi connectivity index (χ2v) is 4.23. The van der Waals surface area contributed by atoms with Crippen molar-refractivity contribution in [1.29, 1.82) is 0 Å². The molecule has 0 aromatic heterocycles. The van der Waals surface area contributed by atoms with Gasteiger partial charge in [-0.3, -0.25) is 10.1 Å². The highest BCUT2D eigenvalue weighted by Gasteiger charge is 2.18. The van der Waals surface area contributed by atoms with Crippen molar-refractivity contribution < 1.29 is 14.8 Å². The van der Waals surface area contributed by atoms with E-state index in [4.69, 9.17) is 9.84 Å². The largest absolute Gasteiger partial charge is 0.496 e. The number of nitro groups is 1. The topological polar surface area (TPSA) is 84.6 Å². The van der Waals surface area contributed by atoms with Crippen molar-refractivity contribution in [3.8, 4) is 5.75 Å². The zero-order valence-corrected chi connectivity index (χ0v) is 10.7. The van der Waals surface area contributed by atoms with Crippen LogP contribution >= 0.6 is 0 Å². The van der Waals surface area contributed by atoms with Gasteiger partial charge >= 0.3 is 0 Å². The summed E-state index contributed by atoms with van der Waals surface area (Å²) in [4.78, 5) is 10.5. The monoisotopic (exact) mass is 254 g/mol. The lowest BCUT2D eigenvalue weighted by Crippen LogP contribution is -2.26. The molecule has 18 heavy (non-hydrogen) atoms. The molecule has 0 heterocycles. The number of benzene rings is 1. The van der Waals surface area contributed by atoms with Gasteiger partial charge in [-0.2, -0.15) is 0 Å². The fourth-order valence-electron chi connectivity index (χ4n) is 1.46. The van der Waals surface area contributed by atoms with Gasteiger partial charge in [-0.25, -0.2) is 0 Å². The van der Waals surface area contributed by atoms with Gasteiger partial charge in [0.1, 0.15) is 11.4 Å². The number of nitrogens with one attached hydrogen (secondary N) is 1. The van der Waals surface area contributed by atoms with Crippen molar-refractivity contribution in [2.24, 2.45) is 5.92 Å². The molecule has 0 aliphatic heterocycles. The summed E-state index contributed by atoms with van der Waals surface area (Å²) in [5, 5.41) is 23.1. The molecular weight excluding hydrogens is 236 g/mol. The van der Waals surface area contributed by atoms with Crippen LogP contribution in [-0.4, -0.2) is 29.8 Å². The Morgan fingerprint density at radius 2 is 2.17 bits per heavy atom. The summed E-state index contributed by atoms with van der Waals surface area (Å²) >= 11 is 0. The minimum Gasteiger partial charge on any atom is -0.496 e. The zero-order valence-electron chi connectivity index (χ0n) is 10.7. The number of nitrogens with zero attached hydrogens (tertiary/aromatic N) is 1. The summed E-state index contributed by atoms with van der Waals surface area (Å²) in [5.74, 6) is 0.446. The van der Waals surface area contributed by atoms with Crippen molar-refractivity contribution in [2.45, 2.75) is 19.9 Å². The fourth-order valence-corrected chi connectivity index (χ4v) is 1.46. The van der Waals surface area contributed by atoms with E-state index in [0.29, 0.717) is 11.4 Å². The van der Waals surface area contributed by atoms with Gasteiger partial charge < -0.3 is 15.2 Å². The number of aliphatic hydroxyl groups is 1. The molecule has 2 N–H and O–H groups in total. The molecule has 1 aromatic carbocycles. The first kappa shape index (κ1) is 14.2. The van der Waals surface area contributed by atoms with E-state index in [1.165, 1.54) is 13.2 Å². The first-order valence-corrected chi connectivity index (χ1v) is 5.69. The van der Waals surface area contributed by atoms with Gasteiger partial charge in [0, 0.05) is 12.6 Å². The average Bonchev–Trinajstić information content (AvgIpc) is 2.37. The molecule has 1 rings (SSSR count). The molecule has 0 bridgehead atoms. The number of hydrogen-bond donors (Lipinski definition) is 2. The van der Waals surface area contributed by atoms with Crippen LogP contribution in [0.4, 0.5) is 11.4 Å². The number of ether oxygens (including phenoxy) is 1. The highest BCUT2D eigenvalue weighted by molar-refractivity contribution is 5.64. The van der Waals surface area contributed by atoms with Gasteiger partial charge in [0.05, 0.1) is 18.1 Å². The second-order valence-electron chi connectivity index (χ2n) is 4.23. The fraction of sp³-hybridized carbons (Fsp3) is 0.500. The SMILES string of the molecule is COc1ccc(NC(C)C(C)CO)c([N+](=O)[O-])c1. The Morgan fingerprint density at radius 1 is 1.50 bits per heavy atom. The number of anilines is 1. The van der Waals surface area contributed by atoms with Crippen LogP contribution in [0.2, 0.25) is 0 Å². The summed E-state index contributed by atoms with van der Waals surface area (Å²) in [6.45, 7) is 3.76. The van der Waals surface area contributed by atoms with Gasteiger partial charge in [-0.1, -0.05) is 6.92 Å². The minimum absolute atomic E-state index is 0.00621. The summed E-state index contributed by atoms with van der Waals surface area (Å²) in [7, 11) is 1.46. The number of hydrogen-bond acceptors (Lipinski definition) is 5. The van der Waals surface area contributed by atoms with E-state index in [9.17, 15) is 10.1 Å².